The number of sulfone groups is 1. The van der Waals surface area contributed by atoms with Crippen molar-refractivity contribution < 1.29 is 22.3 Å². The van der Waals surface area contributed by atoms with E-state index < -0.39 is 15.7 Å². The number of halogens is 1. The highest BCUT2D eigenvalue weighted by Crippen LogP contribution is 2.39. The Morgan fingerprint density at radius 2 is 1.97 bits per heavy atom. The summed E-state index contributed by atoms with van der Waals surface area (Å²) in [5, 5.41) is 6.96. The van der Waals surface area contributed by atoms with Crippen LogP contribution in [0, 0.1) is 5.82 Å². The van der Waals surface area contributed by atoms with E-state index in [1.807, 2.05) is 6.07 Å². The molecule has 0 radical (unpaired) electrons. The Balaban J connectivity index is 1.37. The lowest BCUT2D eigenvalue weighted by molar-refractivity contribution is 0.0929. The SMILES string of the molecule is COc1ncc(F)cc1[C@H]1CCCN1c1ccn2ncc(C(=O)NC3CCC(S(C)(=O)=O)CC3)c2n1. The van der Waals surface area contributed by atoms with Gasteiger partial charge in [-0.25, -0.2) is 27.3 Å². The van der Waals surface area contributed by atoms with Crippen molar-refractivity contribution in [2.45, 2.75) is 55.9 Å². The number of nitrogens with zero attached hydrogens (tertiary/aromatic N) is 5. The number of hydrogen-bond donors (Lipinski definition) is 1. The van der Waals surface area contributed by atoms with Crippen LogP contribution in [0.1, 0.15) is 60.5 Å². The van der Waals surface area contributed by atoms with E-state index in [4.69, 9.17) is 9.72 Å². The van der Waals surface area contributed by atoms with Crippen LogP contribution < -0.4 is 15.0 Å². The van der Waals surface area contributed by atoms with Crippen molar-refractivity contribution in [3.8, 4) is 5.88 Å². The Kier molecular flexibility index (Phi) is 6.54. The Morgan fingerprint density at radius 3 is 2.69 bits per heavy atom. The molecule has 2 aliphatic rings. The van der Waals surface area contributed by atoms with Crippen molar-refractivity contribution in [1.82, 2.24) is 24.9 Å². The molecule has 0 spiro atoms. The van der Waals surface area contributed by atoms with Crippen molar-refractivity contribution >= 4 is 27.2 Å². The maximum absolute atomic E-state index is 14.0. The lowest BCUT2D eigenvalue weighted by Crippen LogP contribution is -2.40. The van der Waals surface area contributed by atoms with Gasteiger partial charge in [-0.1, -0.05) is 0 Å². The van der Waals surface area contributed by atoms with E-state index in [1.165, 1.54) is 25.6 Å². The van der Waals surface area contributed by atoms with Gasteiger partial charge in [0.1, 0.15) is 27.0 Å². The van der Waals surface area contributed by atoms with Gasteiger partial charge in [-0.2, -0.15) is 5.10 Å². The summed E-state index contributed by atoms with van der Waals surface area (Å²) in [4.78, 5) is 24.0. The monoisotopic (exact) mass is 516 g/mol. The van der Waals surface area contributed by atoms with Gasteiger partial charge in [-0.05, 0) is 50.7 Å². The van der Waals surface area contributed by atoms with Crippen LogP contribution in [-0.4, -0.2) is 65.1 Å². The van der Waals surface area contributed by atoms with Crippen molar-refractivity contribution in [2.24, 2.45) is 0 Å². The first-order chi connectivity index (χ1) is 17.2. The third kappa shape index (κ3) is 4.73. The van der Waals surface area contributed by atoms with Crippen LogP contribution in [0.4, 0.5) is 10.2 Å². The average molecular weight is 517 g/mol. The molecule has 1 saturated heterocycles. The largest absolute Gasteiger partial charge is 0.481 e. The molecule has 12 heteroatoms. The second kappa shape index (κ2) is 9.64. The zero-order valence-electron chi connectivity index (χ0n) is 20.2. The number of fused-ring (bicyclic) bond motifs is 1. The van der Waals surface area contributed by atoms with E-state index in [1.54, 1.807) is 10.7 Å². The number of aromatic nitrogens is 4. The predicted octanol–water partition coefficient (Wildman–Crippen LogP) is 2.70. The molecule has 3 aromatic heterocycles. The molecule has 36 heavy (non-hydrogen) atoms. The molecule has 1 N–H and O–H groups in total. The Morgan fingerprint density at radius 1 is 1.19 bits per heavy atom. The van der Waals surface area contributed by atoms with Crippen LogP contribution >= 0.6 is 0 Å². The summed E-state index contributed by atoms with van der Waals surface area (Å²) in [5.41, 5.74) is 1.43. The second-order valence-electron chi connectivity index (χ2n) is 9.49. The maximum atomic E-state index is 14.0. The number of methoxy groups -OCH3 is 1. The van der Waals surface area contributed by atoms with Gasteiger partial charge in [0.15, 0.2) is 5.65 Å². The summed E-state index contributed by atoms with van der Waals surface area (Å²) in [6.45, 7) is 0.715. The third-order valence-corrected chi connectivity index (χ3v) is 8.84. The molecule has 1 saturated carbocycles. The number of nitrogens with one attached hydrogen (secondary N) is 1. The van der Waals surface area contributed by atoms with Crippen LogP contribution in [0.15, 0.2) is 30.7 Å². The van der Waals surface area contributed by atoms with Crippen LogP contribution in [-0.2, 0) is 9.84 Å². The van der Waals surface area contributed by atoms with Gasteiger partial charge in [0.2, 0.25) is 5.88 Å². The molecule has 10 nitrogen and oxygen atoms in total. The zero-order chi connectivity index (χ0) is 25.4. The Labute approximate surface area is 208 Å². The number of carbonyl (C=O) groups is 1. The number of carbonyl (C=O) groups excluding carboxylic acids is 1. The van der Waals surface area contributed by atoms with Gasteiger partial charge in [-0.3, -0.25) is 4.79 Å². The second-order valence-corrected chi connectivity index (χ2v) is 11.8. The quantitative estimate of drug-likeness (QED) is 0.531. The average Bonchev–Trinajstić information content (AvgIpc) is 3.51. The topological polar surface area (TPSA) is 119 Å². The van der Waals surface area contributed by atoms with E-state index >= 15 is 0 Å². The van der Waals surface area contributed by atoms with Crippen molar-refractivity contribution in [1.29, 1.82) is 0 Å². The number of anilines is 1. The minimum absolute atomic E-state index is 0.0930. The highest BCUT2D eigenvalue weighted by Gasteiger charge is 2.32. The normalized spacial score (nSPS) is 22.6. The molecule has 2 fully saturated rings. The van der Waals surface area contributed by atoms with Gasteiger partial charge >= 0.3 is 0 Å². The van der Waals surface area contributed by atoms with Gasteiger partial charge in [0.05, 0.1) is 30.8 Å². The number of hydrogen-bond acceptors (Lipinski definition) is 8. The summed E-state index contributed by atoms with van der Waals surface area (Å²) in [7, 11) is -1.56. The minimum Gasteiger partial charge on any atom is -0.481 e. The summed E-state index contributed by atoms with van der Waals surface area (Å²) in [6.07, 6.45) is 9.62. The minimum atomic E-state index is -3.07. The van der Waals surface area contributed by atoms with Crippen molar-refractivity contribution in [3.05, 3.63) is 47.7 Å². The van der Waals surface area contributed by atoms with Crippen molar-refractivity contribution in [3.63, 3.8) is 0 Å². The molecule has 1 aliphatic carbocycles. The molecular weight excluding hydrogens is 487 g/mol. The third-order valence-electron chi connectivity index (χ3n) is 7.16. The van der Waals surface area contributed by atoms with E-state index in [0.717, 1.165) is 19.0 Å². The Hall–Kier alpha value is -3.28. The highest BCUT2D eigenvalue weighted by molar-refractivity contribution is 7.91. The first-order valence-corrected chi connectivity index (χ1v) is 14.0. The predicted molar refractivity (Wildman–Crippen MR) is 131 cm³/mol. The molecule has 1 atom stereocenters. The van der Waals surface area contributed by atoms with E-state index in [2.05, 4.69) is 20.3 Å². The number of rotatable bonds is 6. The molecule has 192 valence electrons. The lowest BCUT2D eigenvalue weighted by atomic mass is 9.95. The summed E-state index contributed by atoms with van der Waals surface area (Å²) in [5.74, 6) is 0.316. The van der Waals surface area contributed by atoms with Gasteiger partial charge in [-0.15, -0.1) is 0 Å². The van der Waals surface area contributed by atoms with Gasteiger partial charge in [0.25, 0.3) is 5.91 Å². The van der Waals surface area contributed by atoms with Crippen LogP contribution in [0.2, 0.25) is 0 Å². The molecule has 0 aromatic carbocycles. The molecule has 4 heterocycles. The number of amides is 1. The molecule has 1 aliphatic heterocycles. The maximum Gasteiger partial charge on any atom is 0.256 e. The highest BCUT2D eigenvalue weighted by atomic mass is 32.2. The fourth-order valence-electron chi connectivity index (χ4n) is 5.29. The smallest absolute Gasteiger partial charge is 0.256 e. The summed E-state index contributed by atoms with van der Waals surface area (Å²) >= 11 is 0. The van der Waals surface area contributed by atoms with Gasteiger partial charge in [0, 0.05) is 30.6 Å². The van der Waals surface area contributed by atoms with Crippen LogP contribution in [0.3, 0.4) is 0 Å². The fraction of sp³-hybridized carbons (Fsp3) is 0.500. The summed E-state index contributed by atoms with van der Waals surface area (Å²) in [6, 6.07) is 3.02. The fourth-order valence-corrected chi connectivity index (χ4v) is 6.42. The van der Waals surface area contributed by atoms with Crippen LogP contribution in [0.25, 0.3) is 5.65 Å². The lowest BCUT2D eigenvalue weighted by Gasteiger charge is -2.28. The first-order valence-electron chi connectivity index (χ1n) is 12.0. The van der Waals surface area contributed by atoms with E-state index in [9.17, 15) is 17.6 Å². The molecule has 3 aromatic rings. The van der Waals surface area contributed by atoms with Gasteiger partial charge < -0.3 is 15.0 Å². The molecule has 1 amide bonds. The number of ether oxygens (including phenoxy) is 1. The molecule has 0 bridgehead atoms. The molecule has 5 rings (SSSR count). The van der Waals surface area contributed by atoms with Crippen LogP contribution in [0.5, 0.6) is 5.88 Å². The van der Waals surface area contributed by atoms with E-state index in [-0.39, 0.29) is 23.2 Å². The number of pyridine rings is 1. The standard InChI is InChI=1S/C24H29FN6O4S/c1-35-24-18(12-15(25)13-26-24)20-4-3-10-30(20)21-9-11-31-22(29-21)19(14-27-31)23(32)28-16-5-7-17(8-6-16)36(2,33)34/h9,11-14,16-17,20H,3-8,10H2,1-2H3,(H,28,32)/t16?,17?,20-/m1/s1. The zero-order valence-corrected chi connectivity index (χ0v) is 21.0. The van der Waals surface area contributed by atoms with E-state index in [0.29, 0.717) is 60.7 Å². The first kappa shape index (κ1) is 24.4. The Bertz CT molecular complexity index is 1390. The molecule has 0 unspecified atom stereocenters. The summed E-state index contributed by atoms with van der Waals surface area (Å²) < 4.78 is 44.6. The van der Waals surface area contributed by atoms with Crippen molar-refractivity contribution in [2.75, 3.05) is 24.8 Å². The molecular formula is C24H29FN6O4S.